The van der Waals surface area contributed by atoms with Gasteiger partial charge in [-0.3, -0.25) is 5.10 Å². The SMILES string of the molecule is N#Cc1ccc2c(c1)CCC2Nc1ccc2[nH]nc(-c3ccoc3)c2c1. The van der Waals surface area contributed by atoms with E-state index in [2.05, 4.69) is 39.8 Å². The Morgan fingerprint density at radius 1 is 1.19 bits per heavy atom. The van der Waals surface area contributed by atoms with E-state index in [4.69, 9.17) is 9.68 Å². The number of rotatable bonds is 3. The van der Waals surface area contributed by atoms with Gasteiger partial charge in [0.25, 0.3) is 0 Å². The van der Waals surface area contributed by atoms with E-state index in [9.17, 15) is 0 Å². The minimum absolute atomic E-state index is 0.263. The molecule has 0 amide bonds. The molecule has 1 aliphatic rings. The summed E-state index contributed by atoms with van der Waals surface area (Å²) < 4.78 is 5.19. The number of hydrogen-bond acceptors (Lipinski definition) is 4. The third-order valence-corrected chi connectivity index (χ3v) is 5.05. The number of nitrogens with zero attached hydrogens (tertiary/aromatic N) is 2. The van der Waals surface area contributed by atoms with Crippen molar-refractivity contribution in [1.29, 1.82) is 5.26 Å². The number of aromatic amines is 1. The topological polar surface area (TPSA) is 77.6 Å². The van der Waals surface area contributed by atoms with Crippen molar-refractivity contribution >= 4 is 16.6 Å². The van der Waals surface area contributed by atoms with Crippen LogP contribution in [0.5, 0.6) is 0 Å². The second kappa shape index (κ2) is 5.78. The molecule has 126 valence electrons. The number of aromatic nitrogens is 2. The monoisotopic (exact) mass is 340 g/mol. The number of nitriles is 1. The number of aryl methyl sites for hydroxylation is 1. The van der Waals surface area contributed by atoms with E-state index < -0.39 is 0 Å². The van der Waals surface area contributed by atoms with Crippen LogP contribution >= 0.6 is 0 Å². The molecule has 0 saturated carbocycles. The van der Waals surface area contributed by atoms with E-state index in [0.717, 1.165) is 46.3 Å². The van der Waals surface area contributed by atoms with Crippen LogP contribution in [0, 0.1) is 11.3 Å². The summed E-state index contributed by atoms with van der Waals surface area (Å²) in [5.74, 6) is 0. The summed E-state index contributed by atoms with van der Waals surface area (Å²) >= 11 is 0. The van der Waals surface area contributed by atoms with Crippen molar-refractivity contribution in [3.05, 3.63) is 71.7 Å². The van der Waals surface area contributed by atoms with Crippen molar-refractivity contribution in [3.63, 3.8) is 0 Å². The Kier molecular flexibility index (Phi) is 3.29. The summed E-state index contributed by atoms with van der Waals surface area (Å²) in [4.78, 5) is 0. The Morgan fingerprint density at radius 2 is 2.15 bits per heavy atom. The van der Waals surface area contributed by atoms with E-state index in [1.165, 1.54) is 11.1 Å². The lowest BCUT2D eigenvalue weighted by Gasteiger charge is -2.16. The molecule has 5 heteroatoms. The summed E-state index contributed by atoms with van der Waals surface area (Å²) in [6, 6.07) is 16.6. The van der Waals surface area contributed by atoms with Crippen LogP contribution in [0.4, 0.5) is 5.69 Å². The molecule has 0 spiro atoms. The van der Waals surface area contributed by atoms with Crippen molar-refractivity contribution in [2.75, 3.05) is 5.32 Å². The molecule has 2 N–H and O–H groups in total. The summed E-state index contributed by atoms with van der Waals surface area (Å²) in [5, 5.41) is 21.3. The van der Waals surface area contributed by atoms with Gasteiger partial charge in [-0.2, -0.15) is 10.4 Å². The third-order valence-electron chi connectivity index (χ3n) is 5.05. The predicted molar refractivity (Wildman–Crippen MR) is 99.6 cm³/mol. The molecule has 2 heterocycles. The van der Waals surface area contributed by atoms with Gasteiger partial charge < -0.3 is 9.73 Å². The highest BCUT2D eigenvalue weighted by atomic mass is 16.3. The molecule has 5 rings (SSSR count). The van der Waals surface area contributed by atoms with Gasteiger partial charge in [-0.15, -0.1) is 0 Å². The molecular weight excluding hydrogens is 324 g/mol. The minimum atomic E-state index is 0.263. The zero-order valence-corrected chi connectivity index (χ0v) is 14.0. The lowest BCUT2D eigenvalue weighted by atomic mass is 10.0. The van der Waals surface area contributed by atoms with Crippen molar-refractivity contribution in [2.45, 2.75) is 18.9 Å². The Balaban J connectivity index is 1.48. The maximum Gasteiger partial charge on any atom is 0.103 e. The molecule has 5 nitrogen and oxygen atoms in total. The second-order valence-corrected chi connectivity index (χ2v) is 6.61. The molecule has 26 heavy (non-hydrogen) atoms. The average molecular weight is 340 g/mol. The van der Waals surface area contributed by atoms with E-state index in [1.54, 1.807) is 12.5 Å². The highest BCUT2D eigenvalue weighted by Gasteiger charge is 2.22. The van der Waals surface area contributed by atoms with Gasteiger partial charge in [0, 0.05) is 16.6 Å². The summed E-state index contributed by atoms with van der Waals surface area (Å²) in [7, 11) is 0. The lowest BCUT2D eigenvalue weighted by molar-refractivity contribution is 0.568. The number of fused-ring (bicyclic) bond motifs is 2. The standard InChI is InChI=1S/C21H16N4O/c22-11-13-1-4-17-14(9-13)2-5-19(17)23-16-3-6-20-18(10-16)21(25-24-20)15-7-8-26-12-15/h1,3-4,6-10,12,19,23H,2,5H2,(H,24,25). The Bertz CT molecular complexity index is 1130. The first-order valence-corrected chi connectivity index (χ1v) is 8.62. The van der Waals surface area contributed by atoms with Gasteiger partial charge in [0.05, 0.1) is 35.7 Å². The van der Waals surface area contributed by atoms with Crippen LogP contribution in [-0.4, -0.2) is 10.2 Å². The molecule has 1 unspecified atom stereocenters. The number of nitrogens with one attached hydrogen (secondary N) is 2. The maximum absolute atomic E-state index is 9.07. The number of anilines is 1. The average Bonchev–Trinajstić information content (AvgIpc) is 3.40. The van der Waals surface area contributed by atoms with E-state index >= 15 is 0 Å². The number of benzene rings is 2. The van der Waals surface area contributed by atoms with Crippen LogP contribution < -0.4 is 5.32 Å². The summed E-state index contributed by atoms with van der Waals surface area (Å²) in [6.45, 7) is 0. The zero-order valence-electron chi connectivity index (χ0n) is 14.0. The van der Waals surface area contributed by atoms with Crippen molar-refractivity contribution in [3.8, 4) is 17.3 Å². The zero-order chi connectivity index (χ0) is 17.5. The summed E-state index contributed by atoms with van der Waals surface area (Å²) in [6.07, 6.45) is 5.39. The van der Waals surface area contributed by atoms with Crippen molar-refractivity contribution in [1.82, 2.24) is 10.2 Å². The molecule has 0 aliphatic heterocycles. The van der Waals surface area contributed by atoms with Crippen LogP contribution in [0.2, 0.25) is 0 Å². The molecule has 0 bridgehead atoms. The first-order chi connectivity index (χ1) is 12.8. The van der Waals surface area contributed by atoms with Gasteiger partial charge >= 0.3 is 0 Å². The van der Waals surface area contributed by atoms with Crippen molar-refractivity contribution in [2.24, 2.45) is 0 Å². The number of H-pyrrole nitrogens is 1. The fourth-order valence-electron chi connectivity index (χ4n) is 3.76. The highest BCUT2D eigenvalue weighted by Crippen LogP contribution is 2.36. The Labute approximate surface area is 150 Å². The minimum Gasteiger partial charge on any atom is -0.472 e. The maximum atomic E-state index is 9.07. The Morgan fingerprint density at radius 3 is 3.00 bits per heavy atom. The quantitative estimate of drug-likeness (QED) is 0.562. The molecule has 0 fully saturated rings. The third kappa shape index (κ3) is 2.35. The van der Waals surface area contributed by atoms with Crippen LogP contribution in [0.25, 0.3) is 22.2 Å². The normalized spacial score (nSPS) is 15.7. The summed E-state index contributed by atoms with van der Waals surface area (Å²) in [5.41, 5.74) is 7.19. The molecule has 2 aromatic heterocycles. The molecule has 1 aliphatic carbocycles. The molecule has 0 radical (unpaired) electrons. The van der Waals surface area contributed by atoms with E-state index in [-0.39, 0.29) is 6.04 Å². The van der Waals surface area contributed by atoms with Gasteiger partial charge in [0.15, 0.2) is 0 Å². The predicted octanol–water partition coefficient (Wildman–Crippen LogP) is 4.79. The number of hydrogen-bond donors (Lipinski definition) is 2. The van der Waals surface area contributed by atoms with Crippen molar-refractivity contribution < 1.29 is 4.42 Å². The van der Waals surface area contributed by atoms with Gasteiger partial charge in [-0.05, 0) is 60.4 Å². The van der Waals surface area contributed by atoms with Gasteiger partial charge in [-0.1, -0.05) is 6.07 Å². The molecule has 0 saturated heterocycles. The molecular formula is C21H16N4O. The van der Waals surface area contributed by atoms with E-state index in [1.807, 2.05) is 24.3 Å². The second-order valence-electron chi connectivity index (χ2n) is 6.61. The van der Waals surface area contributed by atoms with Crippen LogP contribution in [0.15, 0.2) is 59.4 Å². The van der Waals surface area contributed by atoms with Crippen LogP contribution in [0.3, 0.4) is 0 Å². The van der Waals surface area contributed by atoms with Gasteiger partial charge in [0.2, 0.25) is 0 Å². The van der Waals surface area contributed by atoms with Crippen LogP contribution in [-0.2, 0) is 6.42 Å². The van der Waals surface area contributed by atoms with Crippen LogP contribution in [0.1, 0.15) is 29.2 Å². The van der Waals surface area contributed by atoms with Gasteiger partial charge in [-0.25, -0.2) is 0 Å². The fourth-order valence-corrected chi connectivity index (χ4v) is 3.76. The largest absolute Gasteiger partial charge is 0.472 e. The molecule has 4 aromatic rings. The first kappa shape index (κ1) is 14.8. The number of furan rings is 1. The van der Waals surface area contributed by atoms with E-state index in [0.29, 0.717) is 0 Å². The fraction of sp³-hybridized carbons (Fsp3) is 0.143. The van der Waals surface area contributed by atoms with Gasteiger partial charge in [0.1, 0.15) is 5.69 Å². The molecule has 2 aromatic carbocycles. The highest BCUT2D eigenvalue weighted by molar-refractivity contribution is 5.94. The lowest BCUT2D eigenvalue weighted by Crippen LogP contribution is -2.06. The smallest absolute Gasteiger partial charge is 0.103 e. The first-order valence-electron chi connectivity index (χ1n) is 8.62. The Hall–Kier alpha value is -3.52. The molecule has 1 atom stereocenters.